The summed E-state index contributed by atoms with van der Waals surface area (Å²) >= 11 is 0. The largest absolute Gasteiger partial charge is 0.496 e. The zero-order valence-electron chi connectivity index (χ0n) is 13.5. The van der Waals surface area contributed by atoms with Gasteiger partial charge in [0.05, 0.1) is 12.7 Å². The van der Waals surface area contributed by atoms with Crippen LogP contribution in [0.5, 0.6) is 5.75 Å². The first-order valence-corrected chi connectivity index (χ1v) is 7.75. The van der Waals surface area contributed by atoms with Crippen molar-refractivity contribution in [2.24, 2.45) is 0 Å². The fourth-order valence-corrected chi connectivity index (χ4v) is 2.68. The molecule has 1 aliphatic rings. The number of amides is 1. The highest BCUT2D eigenvalue weighted by Crippen LogP contribution is 2.28. The molecule has 8 nitrogen and oxygen atoms in total. The third-order valence-corrected chi connectivity index (χ3v) is 3.91. The van der Waals surface area contributed by atoms with E-state index in [4.69, 9.17) is 10.5 Å². The maximum atomic E-state index is 12.3. The van der Waals surface area contributed by atoms with Crippen molar-refractivity contribution in [3.05, 3.63) is 36.2 Å². The van der Waals surface area contributed by atoms with Crippen molar-refractivity contribution < 1.29 is 9.53 Å². The van der Waals surface area contributed by atoms with Crippen LogP contribution in [0, 0.1) is 0 Å². The van der Waals surface area contributed by atoms with Gasteiger partial charge in [0.25, 0.3) is 5.91 Å². The van der Waals surface area contributed by atoms with Crippen molar-refractivity contribution in [1.29, 1.82) is 0 Å². The third kappa shape index (κ3) is 3.17. The standard InChI is InChI=1S/C16H20N6O2/c1-24-12-7-3-2-6-11(12)16(23)21-20-14-13(17)15(19-10-18-14)22-8-4-5-9-22/h2-3,6-7,10H,4-5,8-9,17H2,1H3,(H,21,23)(H,18,19,20). The van der Waals surface area contributed by atoms with E-state index >= 15 is 0 Å². The Morgan fingerprint density at radius 1 is 1.25 bits per heavy atom. The van der Waals surface area contributed by atoms with E-state index in [-0.39, 0.29) is 5.91 Å². The Morgan fingerprint density at radius 3 is 2.75 bits per heavy atom. The van der Waals surface area contributed by atoms with Gasteiger partial charge < -0.3 is 15.4 Å². The lowest BCUT2D eigenvalue weighted by atomic mass is 10.2. The number of hydrogen-bond acceptors (Lipinski definition) is 7. The monoisotopic (exact) mass is 328 g/mol. The van der Waals surface area contributed by atoms with E-state index in [2.05, 4.69) is 25.7 Å². The van der Waals surface area contributed by atoms with Crippen molar-refractivity contribution in [2.45, 2.75) is 12.8 Å². The minimum atomic E-state index is -0.340. The minimum absolute atomic E-state index is 0.340. The number of anilines is 3. The second-order valence-corrected chi connectivity index (χ2v) is 5.43. The van der Waals surface area contributed by atoms with E-state index in [9.17, 15) is 4.79 Å². The molecule has 0 unspecified atom stereocenters. The Balaban J connectivity index is 1.72. The first-order chi connectivity index (χ1) is 11.7. The molecule has 126 valence electrons. The van der Waals surface area contributed by atoms with Gasteiger partial charge in [0.15, 0.2) is 11.6 Å². The van der Waals surface area contributed by atoms with Crippen LogP contribution in [0.2, 0.25) is 0 Å². The number of rotatable bonds is 5. The molecule has 0 spiro atoms. The Bertz CT molecular complexity index is 730. The first-order valence-electron chi connectivity index (χ1n) is 7.75. The van der Waals surface area contributed by atoms with Crippen molar-refractivity contribution in [3.8, 4) is 5.75 Å². The van der Waals surface area contributed by atoms with Crippen LogP contribution in [0.15, 0.2) is 30.6 Å². The molecule has 1 aromatic heterocycles. The van der Waals surface area contributed by atoms with Gasteiger partial charge in [-0.25, -0.2) is 9.97 Å². The van der Waals surface area contributed by atoms with Crippen LogP contribution < -0.4 is 26.2 Å². The quantitative estimate of drug-likeness (QED) is 0.713. The van der Waals surface area contributed by atoms with Crippen LogP contribution in [-0.2, 0) is 0 Å². The molecule has 1 aromatic carbocycles. The zero-order chi connectivity index (χ0) is 16.9. The second kappa shape index (κ2) is 7.03. The molecule has 0 radical (unpaired) electrons. The fraction of sp³-hybridized carbons (Fsp3) is 0.312. The molecule has 1 amide bonds. The van der Waals surface area contributed by atoms with Crippen LogP contribution in [0.4, 0.5) is 17.3 Å². The highest BCUT2D eigenvalue weighted by atomic mass is 16.5. The van der Waals surface area contributed by atoms with Crippen LogP contribution in [0.3, 0.4) is 0 Å². The number of nitrogens with zero attached hydrogens (tertiary/aromatic N) is 3. The summed E-state index contributed by atoms with van der Waals surface area (Å²) in [6.07, 6.45) is 3.68. The number of carbonyl (C=O) groups is 1. The number of nitrogen functional groups attached to an aromatic ring is 1. The fourth-order valence-electron chi connectivity index (χ4n) is 2.68. The van der Waals surface area contributed by atoms with E-state index in [0.29, 0.717) is 28.6 Å². The van der Waals surface area contributed by atoms with Gasteiger partial charge in [-0.2, -0.15) is 0 Å². The number of hydrazine groups is 1. The summed E-state index contributed by atoms with van der Waals surface area (Å²) in [7, 11) is 1.52. The first kappa shape index (κ1) is 15.9. The SMILES string of the molecule is COc1ccccc1C(=O)NNc1ncnc(N2CCCC2)c1N. The van der Waals surface area contributed by atoms with Crippen molar-refractivity contribution >= 4 is 23.2 Å². The molecule has 1 fully saturated rings. The molecule has 1 saturated heterocycles. The Kier molecular flexibility index (Phi) is 4.64. The minimum Gasteiger partial charge on any atom is -0.496 e. The highest BCUT2D eigenvalue weighted by Gasteiger charge is 2.19. The van der Waals surface area contributed by atoms with Crippen LogP contribution >= 0.6 is 0 Å². The molecule has 2 aromatic rings. The molecular formula is C16H20N6O2. The van der Waals surface area contributed by atoms with Gasteiger partial charge in [-0.15, -0.1) is 0 Å². The molecule has 0 atom stereocenters. The molecule has 4 N–H and O–H groups in total. The van der Waals surface area contributed by atoms with Gasteiger partial charge in [0.2, 0.25) is 0 Å². The van der Waals surface area contributed by atoms with E-state index in [0.717, 1.165) is 25.9 Å². The number of nitrogens with two attached hydrogens (primary N) is 1. The van der Waals surface area contributed by atoms with Gasteiger partial charge in [-0.05, 0) is 25.0 Å². The second-order valence-electron chi connectivity index (χ2n) is 5.43. The third-order valence-electron chi connectivity index (χ3n) is 3.91. The van der Waals surface area contributed by atoms with E-state index in [1.165, 1.54) is 13.4 Å². The molecule has 0 aliphatic carbocycles. The number of methoxy groups -OCH3 is 1. The molecule has 1 aliphatic heterocycles. The lowest BCUT2D eigenvalue weighted by Crippen LogP contribution is -2.31. The Morgan fingerprint density at radius 2 is 2.00 bits per heavy atom. The summed E-state index contributed by atoms with van der Waals surface area (Å²) in [5, 5.41) is 0. The van der Waals surface area contributed by atoms with Gasteiger partial charge >= 0.3 is 0 Å². The summed E-state index contributed by atoms with van der Waals surface area (Å²) in [6, 6.07) is 6.96. The summed E-state index contributed by atoms with van der Waals surface area (Å²) in [5.41, 5.74) is 12.3. The van der Waals surface area contributed by atoms with Gasteiger partial charge in [-0.1, -0.05) is 12.1 Å². The number of nitrogens with one attached hydrogen (secondary N) is 2. The van der Waals surface area contributed by atoms with E-state index < -0.39 is 0 Å². The molecule has 2 heterocycles. The summed E-state index contributed by atoms with van der Waals surface area (Å²) in [4.78, 5) is 22.8. The number of hydrogen-bond donors (Lipinski definition) is 3. The van der Waals surface area contributed by atoms with E-state index in [1.807, 2.05) is 0 Å². The normalized spacial score (nSPS) is 13.6. The predicted molar refractivity (Wildman–Crippen MR) is 92.0 cm³/mol. The van der Waals surface area contributed by atoms with Crippen LogP contribution in [0.25, 0.3) is 0 Å². The van der Waals surface area contributed by atoms with Gasteiger partial charge in [0.1, 0.15) is 17.8 Å². The molecule has 8 heteroatoms. The maximum absolute atomic E-state index is 12.3. The summed E-state index contributed by atoms with van der Waals surface area (Å²) in [6.45, 7) is 1.85. The lowest BCUT2D eigenvalue weighted by Gasteiger charge is -2.19. The summed E-state index contributed by atoms with van der Waals surface area (Å²) < 4.78 is 5.18. The molecule has 0 bridgehead atoms. The van der Waals surface area contributed by atoms with Crippen molar-refractivity contribution in [1.82, 2.24) is 15.4 Å². The molecular weight excluding hydrogens is 308 g/mol. The summed E-state index contributed by atoms with van der Waals surface area (Å²) in [5.74, 6) is 1.21. The van der Waals surface area contributed by atoms with E-state index in [1.54, 1.807) is 24.3 Å². The molecule has 0 saturated carbocycles. The number of ether oxygens (including phenoxy) is 1. The lowest BCUT2D eigenvalue weighted by molar-refractivity contribution is 0.0959. The number of benzene rings is 1. The number of para-hydroxylation sites is 1. The van der Waals surface area contributed by atoms with Crippen LogP contribution in [-0.4, -0.2) is 36.1 Å². The average Bonchev–Trinajstić information content (AvgIpc) is 3.15. The number of carbonyl (C=O) groups excluding carboxylic acids is 1. The highest BCUT2D eigenvalue weighted by molar-refractivity contribution is 5.97. The topological polar surface area (TPSA) is 105 Å². The molecule has 24 heavy (non-hydrogen) atoms. The zero-order valence-corrected chi connectivity index (χ0v) is 13.5. The van der Waals surface area contributed by atoms with Crippen LogP contribution in [0.1, 0.15) is 23.2 Å². The Labute approximate surface area is 140 Å². The Hall–Kier alpha value is -3.03. The van der Waals surface area contributed by atoms with Crippen molar-refractivity contribution in [3.63, 3.8) is 0 Å². The van der Waals surface area contributed by atoms with Gasteiger partial charge in [-0.3, -0.25) is 15.6 Å². The number of aromatic nitrogens is 2. The average molecular weight is 328 g/mol. The predicted octanol–water partition coefficient (Wildman–Crippen LogP) is 1.42. The van der Waals surface area contributed by atoms with Crippen molar-refractivity contribution in [2.75, 3.05) is 36.3 Å². The maximum Gasteiger partial charge on any atom is 0.273 e. The molecule has 3 rings (SSSR count). The smallest absolute Gasteiger partial charge is 0.273 e. The van der Waals surface area contributed by atoms with Gasteiger partial charge in [0, 0.05) is 13.1 Å².